The SMILES string of the molecule is Cc1nc2nc(Oc3cccc(C(=O)OC(C)(C)C)c3)ncc2[nH]1. The number of nitrogens with zero attached hydrogens (tertiary/aromatic N) is 3. The Balaban J connectivity index is 1.81. The molecule has 0 amide bonds. The highest BCUT2D eigenvalue weighted by Crippen LogP contribution is 2.22. The van der Waals surface area contributed by atoms with Gasteiger partial charge in [0, 0.05) is 0 Å². The van der Waals surface area contributed by atoms with Crippen LogP contribution in [-0.4, -0.2) is 31.5 Å². The first-order chi connectivity index (χ1) is 11.3. The Bertz CT molecular complexity index is 896. The van der Waals surface area contributed by atoms with Crippen molar-refractivity contribution in [2.24, 2.45) is 0 Å². The first-order valence-electron chi connectivity index (χ1n) is 7.51. The van der Waals surface area contributed by atoms with E-state index in [0.29, 0.717) is 17.0 Å². The molecule has 1 aromatic carbocycles. The van der Waals surface area contributed by atoms with Gasteiger partial charge in [-0.1, -0.05) is 6.07 Å². The summed E-state index contributed by atoms with van der Waals surface area (Å²) in [6.45, 7) is 7.30. The number of imidazole rings is 1. The molecule has 0 spiro atoms. The van der Waals surface area contributed by atoms with Crippen LogP contribution in [0.5, 0.6) is 11.8 Å². The fraction of sp³-hybridized carbons (Fsp3) is 0.294. The van der Waals surface area contributed by atoms with Crippen molar-refractivity contribution in [2.45, 2.75) is 33.3 Å². The maximum atomic E-state index is 12.1. The van der Waals surface area contributed by atoms with Gasteiger partial charge in [-0.25, -0.2) is 14.8 Å². The van der Waals surface area contributed by atoms with E-state index in [1.165, 1.54) is 0 Å². The Morgan fingerprint density at radius 3 is 2.75 bits per heavy atom. The van der Waals surface area contributed by atoms with Gasteiger partial charge in [0.1, 0.15) is 22.7 Å². The fourth-order valence-corrected chi connectivity index (χ4v) is 2.09. The highest BCUT2D eigenvalue weighted by Gasteiger charge is 2.18. The number of aryl methyl sites for hydroxylation is 1. The van der Waals surface area contributed by atoms with Gasteiger partial charge in [0.25, 0.3) is 0 Å². The molecule has 0 radical (unpaired) electrons. The monoisotopic (exact) mass is 326 g/mol. The lowest BCUT2D eigenvalue weighted by molar-refractivity contribution is 0.00692. The second-order valence-electron chi connectivity index (χ2n) is 6.34. The summed E-state index contributed by atoms with van der Waals surface area (Å²) in [6, 6.07) is 6.86. The zero-order valence-electron chi connectivity index (χ0n) is 14.0. The van der Waals surface area contributed by atoms with Crippen molar-refractivity contribution in [3.8, 4) is 11.8 Å². The second-order valence-corrected chi connectivity index (χ2v) is 6.34. The van der Waals surface area contributed by atoms with Gasteiger partial charge in [-0.2, -0.15) is 4.98 Å². The van der Waals surface area contributed by atoms with Gasteiger partial charge in [0.2, 0.25) is 0 Å². The quantitative estimate of drug-likeness (QED) is 0.742. The average molecular weight is 326 g/mol. The molecular weight excluding hydrogens is 308 g/mol. The molecule has 7 heteroatoms. The van der Waals surface area contributed by atoms with Gasteiger partial charge >= 0.3 is 12.0 Å². The van der Waals surface area contributed by atoms with Crippen LogP contribution in [0.3, 0.4) is 0 Å². The number of aromatic nitrogens is 4. The molecule has 3 aromatic rings. The van der Waals surface area contributed by atoms with Crippen molar-refractivity contribution in [3.63, 3.8) is 0 Å². The summed E-state index contributed by atoms with van der Waals surface area (Å²) >= 11 is 0. The number of benzene rings is 1. The number of nitrogens with one attached hydrogen (secondary N) is 1. The number of rotatable bonds is 3. The minimum Gasteiger partial charge on any atom is -0.456 e. The third-order valence-electron chi connectivity index (χ3n) is 3.01. The van der Waals surface area contributed by atoms with Gasteiger partial charge in [0.15, 0.2) is 5.65 Å². The second kappa shape index (κ2) is 5.92. The Hall–Kier alpha value is -2.96. The maximum absolute atomic E-state index is 12.1. The molecule has 124 valence electrons. The Labute approximate surface area is 139 Å². The first kappa shape index (κ1) is 15.9. The number of aromatic amines is 1. The van der Waals surface area contributed by atoms with Gasteiger partial charge in [-0.3, -0.25) is 0 Å². The molecule has 0 aliphatic carbocycles. The number of fused-ring (bicyclic) bond motifs is 1. The lowest BCUT2D eigenvalue weighted by Gasteiger charge is -2.19. The van der Waals surface area contributed by atoms with Crippen LogP contribution < -0.4 is 4.74 Å². The highest BCUT2D eigenvalue weighted by atomic mass is 16.6. The molecule has 0 atom stereocenters. The predicted molar refractivity (Wildman–Crippen MR) is 88.1 cm³/mol. The molecule has 2 heterocycles. The highest BCUT2D eigenvalue weighted by molar-refractivity contribution is 5.90. The van der Waals surface area contributed by atoms with Crippen molar-refractivity contribution in [3.05, 3.63) is 41.9 Å². The van der Waals surface area contributed by atoms with Crippen LogP contribution in [-0.2, 0) is 4.74 Å². The van der Waals surface area contributed by atoms with Crippen LogP contribution in [0.25, 0.3) is 11.2 Å². The number of ether oxygens (including phenoxy) is 2. The van der Waals surface area contributed by atoms with Crippen LogP contribution in [0.15, 0.2) is 30.5 Å². The van der Waals surface area contributed by atoms with E-state index in [1.807, 2.05) is 27.7 Å². The van der Waals surface area contributed by atoms with E-state index in [1.54, 1.807) is 30.5 Å². The largest absolute Gasteiger partial charge is 0.456 e. The number of hydrogen-bond donors (Lipinski definition) is 1. The van der Waals surface area contributed by atoms with Crippen molar-refractivity contribution in [2.75, 3.05) is 0 Å². The van der Waals surface area contributed by atoms with Crippen molar-refractivity contribution >= 4 is 17.1 Å². The van der Waals surface area contributed by atoms with E-state index >= 15 is 0 Å². The van der Waals surface area contributed by atoms with Crippen LogP contribution in [0.1, 0.15) is 37.0 Å². The standard InChI is InChI=1S/C17H18N4O3/c1-10-19-13-9-18-16(21-14(13)20-10)23-12-7-5-6-11(8-12)15(22)24-17(2,3)4/h5-9H,1-4H3,(H,18,19,20,21). The van der Waals surface area contributed by atoms with E-state index in [-0.39, 0.29) is 6.01 Å². The Morgan fingerprint density at radius 2 is 2.00 bits per heavy atom. The van der Waals surface area contributed by atoms with E-state index in [9.17, 15) is 4.79 Å². The average Bonchev–Trinajstić information content (AvgIpc) is 2.85. The van der Waals surface area contributed by atoms with Gasteiger partial charge in [0.05, 0.1) is 11.8 Å². The molecule has 0 bridgehead atoms. The van der Waals surface area contributed by atoms with Gasteiger partial charge < -0.3 is 14.5 Å². The molecule has 0 aliphatic rings. The molecule has 0 saturated heterocycles. The summed E-state index contributed by atoms with van der Waals surface area (Å²) < 4.78 is 11.0. The molecule has 24 heavy (non-hydrogen) atoms. The summed E-state index contributed by atoms with van der Waals surface area (Å²) in [4.78, 5) is 27.8. The zero-order chi connectivity index (χ0) is 17.3. The Morgan fingerprint density at radius 1 is 1.21 bits per heavy atom. The van der Waals surface area contributed by atoms with E-state index in [2.05, 4.69) is 19.9 Å². The zero-order valence-corrected chi connectivity index (χ0v) is 14.0. The van der Waals surface area contributed by atoms with Crippen molar-refractivity contribution < 1.29 is 14.3 Å². The lowest BCUT2D eigenvalue weighted by Crippen LogP contribution is -2.23. The normalized spacial score (nSPS) is 11.5. The van der Waals surface area contributed by atoms with E-state index in [0.717, 1.165) is 11.3 Å². The molecule has 2 aromatic heterocycles. The van der Waals surface area contributed by atoms with E-state index in [4.69, 9.17) is 9.47 Å². The third-order valence-corrected chi connectivity index (χ3v) is 3.01. The molecule has 0 aliphatic heterocycles. The number of hydrogen-bond acceptors (Lipinski definition) is 6. The summed E-state index contributed by atoms with van der Waals surface area (Å²) in [5.74, 6) is 0.792. The maximum Gasteiger partial charge on any atom is 0.338 e. The van der Waals surface area contributed by atoms with Crippen LogP contribution >= 0.6 is 0 Å². The van der Waals surface area contributed by atoms with Crippen LogP contribution in [0.4, 0.5) is 0 Å². The molecule has 0 fully saturated rings. The molecular formula is C17H18N4O3. The van der Waals surface area contributed by atoms with E-state index < -0.39 is 11.6 Å². The van der Waals surface area contributed by atoms with Crippen LogP contribution in [0.2, 0.25) is 0 Å². The lowest BCUT2D eigenvalue weighted by atomic mass is 10.1. The molecule has 3 rings (SSSR count). The van der Waals surface area contributed by atoms with Crippen molar-refractivity contribution in [1.29, 1.82) is 0 Å². The third kappa shape index (κ3) is 3.68. The van der Waals surface area contributed by atoms with Crippen molar-refractivity contribution in [1.82, 2.24) is 19.9 Å². The number of H-pyrrole nitrogens is 1. The Kier molecular flexibility index (Phi) is 3.92. The fourth-order valence-electron chi connectivity index (χ4n) is 2.09. The van der Waals surface area contributed by atoms with Crippen LogP contribution in [0, 0.1) is 6.92 Å². The predicted octanol–water partition coefficient (Wildman–Crippen LogP) is 3.41. The smallest absolute Gasteiger partial charge is 0.338 e. The first-order valence-corrected chi connectivity index (χ1v) is 7.51. The molecule has 0 saturated carbocycles. The summed E-state index contributed by atoms with van der Waals surface area (Å²) in [7, 11) is 0. The number of esters is 1. The topological polar surface area (TPSA) is 90.0 Å². The molecule has 0 unspecified atom stereocenters. The minimum absolute atomic E-state index is 0.162. The molecule has 7 nitrogen and oxygen atoms in total. The van der Waals surface area contributed by atoms with Gasteiger partial charge in [-0.15, -0.1) is 0 Å². The molecule has 1 N–H and O–H groups in total. The van der Waals surface area contributed by atoms with Gasteiger partial charge in [-0.05, 0) is 45.9 Å². The minimum atomic E-state index is -0.556. The summed E-state index contributed by atoms with van der Waals surface area (Å²) in [6.07, 6.45) is 1.61. The number of carbonyl (C=O) groups excluding carboxylic acids is 1. The number of carbonyl (C=O) groups is 1. The summed E-state index contributed by atoms with van der Waals surface area (Å²) in [5, 5.41) is 0. The summed E-state index contributed by atoms with van der Waals surface area (Å²) in [5.41, 5.74) is 1.11.